The first kappa shape index (κ1) is 10.2. The van der Waals surface area contributed by atoms with Gasteiger partial charge in [-0.25, -0.2) is 0 Å². The largest absolute Gasteiger partial charge is 0.307 e. The summed E-state index contributed by atoms with van der Waals surface area (Å²) in [6.45, 7) is 1.38. The van der Waals surface area contributed by atoms with E-state index in [1.165, 1.54) is 13.1 Å². The highest BCUT2D eigenvalue weighted by Crippen LogP contribution is 2.20. The van der Waals surface area contributed by atoms with Gasteiger partial charge in [-0.15, -0.1) is 5.10 Å². The summed E-state index contributed by atoms with van der Waals surface area (Å²) in [6.07, 6.45) is 1.50. The van der Waals surface area contributed by atoms with E-state index in [-0.39, 0.29) is 0 Å². The molecule has 0 saturated heterocycles. The Morgan fingerprint density at radius 2 is 2.31 bits per heavy atom. The van der Waals surface area contributed by atoms with Crippen LogP contribution in [-0.4, -0.2) is 20.4 Å². The van der Waals surface area contributed by atoms with Gasteiger partial charge in [0.25, 0.3) is 5.91 Å². The summed E-state index contributed by atoms with van der Waals surface area (Å²) >= 11 is 11.1. The van der Waals surface area contributed by atoms with Crippen LogP contribution >= 0.6 is 23.2 Å². The molecule has 1 heterocycles. The first-order valence-corrected chi connectivity index (χ1v) is 4.23. The minimum atomic E-state index is -1.46. The molecule has 6 heteroatoms. The Balaban J connectivity index is 2.66. The zero-order chi connectivity index (χ0) is 9.90. The molecular formula is C7H7Cl2N3O. The Morgan fingerprint density at radius 3 is 2.77 bits per heavy atom. The Kier molecular flexibility index (Phi) is 3.06. The molecule has 1 aromatic rings. The van der Waals surface area contributed by atoms with Gasteiger partial charge in [0.05, 0.1) is 0 Å². The number of amides is 1. The lowest BCUT2D eigenvalue weighted by Crippen LogP contribution is -2.29. The highest BCUT2D eigenvalue weighted by atomic mass is 35.5. The minimum absolute atomic E-state index is 0.319. The molecule has 0 atom stereocenters. The molecule has 0 aliphatic rings. The van der Waals surface area contributed by atoms with Crippen LogP contribution in [-0.2, 0) is 4.79 Å². The van der Waals surface area contributed by atoms with Gasteiger partial charge in [0.2, 0.25) is 0 Å². The molecule has 0 radical (unpaired) electrons. The highest BCUT2D eigenvalue weighted by molar-refractivity contribution is 6.58. The fourth-order valence-corrected chi connectivity index (χ4v) is 0.689. The van der Waals surface area contributed by atoms with Crippen LogP contribution in [0.5, 0.6) is 0 Å². The lowest BCUT2D eigenvalue weighted by molar-refractivity contribution is -0.116. The normalized spacial score (nSPS) is 11.0. The number of nitrogens with zero attached hydrogens (tertiary/aromatic N) is 2. The number of hydrogen-bond acceptors (Lipinski definition) is 3. The van der Waals surface area contributed by atoms with Crippen molar-refractivity contribution in [2.75, 3.05) is 5.32 Å². The molecular weight excluding hydrogens is 213 g/mol. The average Bonchev–Trinajstić information content (AvgIpc) is 2.04. The summed E-state index contributed by atoms with van der Waals surface area (Å²) in [6, 6.07) is 3.23. The molecule has 0 bridgehead atoms. The maximum absolute atomic E-state index is 11.2. The first-order chi connectivity index (χ1) is 6.00. The molecule has 0 aliphatic heterocycles. The van der Waals surface area contributed by atoms with Crippen LogP contribution < -0.4 is 5.32 Å². The molecule has 4 nitrogen and oxygen atoms in total. The second kappa shape index (κ2) is 3.89. The Labute approximate surface area is 85.3 Å². The fourth-order valence-electron chi connectivity index (χ4n) is 0.594. The van der Waals surface area contributed by atoms with Gasteiger partial charge in [-0.2, -0.15) is 5.10 Å². The van der Waals surface area contributed by atoms with Crippen molar-refractivity contribution in [2.24, 2.45) is 0 Å². The van der Waals surface area contributed by atoms with E-state index in [9.17, 15) is 4.79 Å². The average molecular weight is 220 g/mol. The van der Waals surface area contributed by atoms with Gasteiger partial charge in [0, 0.05) is 6.20 Å². The molecule has 0 saturated carbocycles. The van der Waals surface area contributed by atoms with Gasteiger partial charge in [0.15, 0.2) is 10.2 Å². The minimum Gasteiger partial charge on any atom is -0.307 e. The summed E-state index contributed by atoms with van der Waals surface area (Å²) in [7, 11) is 0. The summed E-state index contributed by atoms with van der Waals surface area (Å²) in [5, 5.41) is 9.61. The van der Waals surface area contributed by atoms with E-state index < -0.39 is 10.2 Å². The predicted octanol–water partition coefficient (Wildman–Crippen LogP) is 1.61. The standard InChI is InChI=1S/C7H7Cl2N3O/c1-7(8,9)6(13)11-5-3-2-4-10-12-5/h2-4H,1H3,(H,11,12,13). The molecule has 0 spiro atoms. The van der Waals surface area contributed by atoms with Crippen molar-refractivity contribution in [3.63, 3.8) is 0 Å². The lowest BCUT2D eigenvalue weighted by atomic mass is 10.4. The monoisotopic (exact) mass is 219 g/mol. The van der Waals surface area contributed by atoms with E-state index >= 15 is 0 Å². The van der Waals surface area contributed by atoms with E-state index in [2.05, 4.69) is 15.5 Å². The second-order valence-electron chi connectivity index (χ2n) is 2.45. The second-order valence-corrected chi connectivity index (χ2v) is 4.16. The molecule has 13 heavy (non-hydrogen) atoms. The molecule has 1 amide bonds. The SMILES string of the molecule is CC(Cl)(Cl)C(=O)Nc1cccnn1. The highest BCUT2D eigenvalue weighted by Gasteiger charge is 2.27. The molecule has 0 aliphatic carbocycles. The number of aromatic nitrogens is 2. The van der Waals surface area contributed by atoms with Crippen LogP contribution in [0, 0.1) is 0 Å². The van der Waals surface area contributed by atoms with Gasteiger partial charge in [-0.3, -0.25) is 4.79 Å². The van der Waals surface area contributed by atoms with Crippen molar-refractivity contribution in [3.05, 3.63) is 18.3 Å². The van der Waals surface area contributed by atoms with Crippen LogP contribution in [0.3, 0.4) is 0 Å². The van der Waals surface area contributed by atoms with Crippen LogP contribution in [0.1, 0.15) is 6.92 Å². The summed E-state index contributed by atoms with van der Waals surface area (Å²) in [4.78, 5) is 11.2. The lowest BCUT2D eigenvalue weighted by Gasteiger charge is -2.11. The van der Waals surface area contributed by atoms with Crippen molar-refractivity contribution in [3.8, 4) is 0 Å². The number of halogens is 2. The summed E-state index contributed by atoms with van der Waals surface area (Å²) < 4.78 is -1.46. The zero-order valence-corrected chi connectivity index (χ0v) is 8.30. The number of hydrogen-bond donors (Lipinski definition) is 1. The van der Waals surface area contributed by atoms with Crippen molar-refractivity contribution in [1.29, 1.82) is 0 Å². The van der Waals surface area contributed by atoms with Gasteiger partial charge >= 0.3 is 0 Å². The van der Waals surface area contributed by atoms with Gasteiger partial charge in [-0.05, 0) is 19.1 Å². The zero-order valence-electron chi connectivity index (χ0n) is 6.79. The van der Waals surface area contributed by atoms with Gasteiger partial charge in [0.1, 0.15) is 0 Å². The molecule has 0 fully saturated rings. The third-order valence-electron chi connectivity index (χ3n) is 1.21. The van der Waals surface area contributed by atoms with E-state index in [0.29, 0.717) is 5.82 Å². The van der Waals surface area contributed by atoms with Crippen LogP contribution in [0.25, 0.3) is 0 Å². The fraction of sp³-hybridized carbons (Fsp3) is 0.286. The number of carbonyl (C=O) groups excluding carboxylic acids is 1. The van der Waals surface area contributed by atoms with E-state index in [1.807, 2.05) is 0 Å². The third kappa shape index (κ3) is 3.16. The molecule has 1 aromatic heterocycles. The number of alkyl halides is 2. The Bertz CT molecular complexity index is 296. The van der Waals surface area contributed by atoms with Crippen molar-refractivity contribution >= 4 is 34.9 Å². The molecule has 1 rings (SSSR count). The van der Waals surface area contributed by atoms with Gasteiger partial charge < -0.3 is 5.32 Å². The number of anilines is 1. The van der Waals surface area contributed by atoms with Crippen LogP contribution in [0.2, 0.25) is 0 Å². The van der Waals surface area contributed by atoms with Gasteiger partial charge in [-0.1, -0.05) is 23.2 Å². The summed E-state index contributed by atoms with van der Waals surface area (Å²) in [5.74, 6) is -0.212. The Hall–Kier alpha value is -0.870. The van der Waals surface area contributed by atoms with E-state index in [4.69, 9.17) is 23.2 Å². The quantitative estimate of drug-likeness (QED) is 0.770. The number of nitrogens with one attached hydrogen (secondary N) is 1. The van der Waals surface area contributed by atoms with Crippen LogP contribution in [0.15, 0.2) is 18.3 Å². The third-order valence-corrected chi connectivity index (χ3v) is 1.56. The maximum atomic E-state index is 11.2. The molecule has 0 aromatic carbocycles. The van der Waals surface area contributed by atoms with Crippen molar-refractivity contribution < 1.29 is 4.79 Å². The van der Waals surface area contributed by atoms with Crippen molar-refractivity contribution in [1.82, 2.24) is 10.2 Å². The van der Waals surface area contributed by atoms with E-state index in [0.717, 1.165) is 0 Å². The topological polar surface area (TPSA) is 54.9 Å². The maximum Gasteiger partial charge on any atom is 0.261 e. The molecule has 1 N–H and O–H groups in total. The Morgan fingerprint density at radius 1 is 1.62 bits per heavy atom. The number of carbonyl (C=O) groups is 1. The number of rotatable bonds is 2. The predicted molar refractivity (Wildman–Crippen MR) is 50.8 cm³/mol. The smallest absolute Gasteiger partial charge is 0.261 e. The van der Waals surface area contributed by atoms with E-state index in [1.54, 1.807) is 12.1 Å². The van der Waals surface area contributed by atoms with Crippen LogP contribution in [0.4, 0.5) is 5.82 Å². The van der Waals surface area contributed by atoms with Crippen molar-refractivity contribution in [2.45, 2.75) is 11.3 Å². The first-order valence-electron chi connectivity index (χ1n) is 3.47. The summed E-state index contributed by atoms with van der Waals surface area (Å²) in [5.41, 5.74) is 0. The molecule has 0 unspecified atom stereocenters. The molecule has 70 valence electrons.